The van der Waals surface area contributed by atoms with E-state index in [0.29, 0.717) is 36.5 Å². The normalized spacial score (nSPS) is 21.0. The molecule has 0 saturated carbocycles. The van der Waals surface area contributed by atoms with Crippen molar-refractivity contribution in [2.45, 2.75) is 57.5 Å². The van der Waals surface area contributed by atoms with Gasteiger partial charge in [0.15, 0.2) is 0 Å². The van der Waals surface area contributed by atoms with Gasteiger partial charge in [0.05, 0.1) is 4.90 Å². The minimum Gasteiger partial charge on any atom is -0.363 e. The number of piperidine rings is 1. The second-order valence-corrected chi connectivity index (χ2v) is 8.11. The average Bonchev–Trinajstić information content (AvgIpc) is 2.95. The highest BCUT2D eigenvalue weighted by Gasteiger charge is 2.30. The van der Waals surface area contributed by atoms with Gasteiger partial charge in [-0.15, -0.1) is 0 Å². The van der Waals surface area contributed by atoms with Crippen molar-refractivity contribution in [3.8, 4) is 0 Å². The van der Waals surface area contributed by atoms with Gasteiger partial charge in [-0.2, -0.15) is 4.31 Å². The Morgan fingerprint density at radius 2 is 2.24 bits per heavy atom. The van der Waals surface area contributed by atoms with E-state index in [2.05, 4.69) is 31.1 Å². The molecule has 2 rings (SSSR count). The third-order valence-electron chi connectivity index (χ3n) is 4.11. The highest BCUT2D eigenvalue weighted by molar-refractivity contribution is 7.89. The fourth-order valence-corrected chi connectivity index (χ4v) is 4.29. The molecule has 0 spiro atoms. The molecular weight excluding hydrogens is 286 g/mol. The topological polar surface area (TPSA) is 65.2 Å². The molecule has 5 nitrogen and oxygen atoms in total. The minimum atomic E-state index is -3.35. The molecule has 1 unspecified atom stereocenters. The summed E-state index contributed by atoms with van der Waals surface area (Å²) in [6.07, 6.45) is 4.76. The largest absolute Gasteiger partial charge is 0.363 e. The SMILES string of the molecule is CCC1CCCN(S(=O)(=O)c2c[nH]c(CNC(C)C)c2)C1. The Balaban J connectivity index is 2.08. The van der Waals surface area contributed by atoms with Gasteiger partial charge in [0, 0.05) is 37.6 Å². The van der Waals surface area contributed by atoms with Crippen molar-refractivity contribution in [3.63, 3.8) is 0 Å². The third kappa shape index (κ3) is 4.08. The van der Waals surface area contributed by atoms with Crippen LogP contribution in [0.1, 0.15) is 45.7 Å². The molecule has 0 radical (unpaired) electrons. The molecule has 1 aromatic rings. The van der Waals surface area contributed by atoms with Crippen molar-refractivity contribution < 1.29 is 8.42 Å². The summed E-state index contributed by atoms with van der Waals surface area (Å²) in [5.74, 6) is 0.495. The first-order chi connectivity index (χ1) is 9.93. The standard InChI is InChI=1S/C15H27N3O2S/c1-4-13-6-5-7-18(11-13)21(19,20)15-8-14(17-10-15)9-16-12(2)3/h8,10,12-13,16-17H,4-7,9,11H2,1-3H3. The molecule has 1 saturated heterocycles. The van der Waals surface area contributed by atoms with Crippen LogP contribution in [0.4, 0.5) is 0 Å². The average molecular weight is 313 g/mol. The Hall–Kier alpha value is -0.850. The molecule has 21 heavy (non-hydrogen) atoms. The van der Waals surface area contributed by atoms with Crippen LogP contribution in [0.25, 0.3) is 0 Å². The maximum absolute atomic E-state index is 12.7. The van der Waals surface area contributed by atoms with E-state index < -0.39 is 10.0 Å². The van der Waals surface area contributed by atoms with Crippen LogP contribution in [-0.4, -0.2) is 36.8 Å². The fourth-order valence-electron chi connectivity index (χ4n) is 2.71. The van der Waals surface area contributed by atoms with Crippen molar-refractivity contribution in [3.05, 3.63) is 18.0 Å². The molecule has 1 aromatic heterocycles. The summed E-state index contributed by atoms with van der Waals surface area (Å²) >= 11 is 0. The number of aromatic amines is 1. The maximum atomic E-state index is 12.7. The van der Waals surface area contributed by atoms with Crippen LogP contribution in [0.15, 0.2) is 17.2 Å². The minimum absolute atomic E-state index is 0.376. The zero-order valence-electron chi connectivity index (χ0n) is 13.2. The molecule has 1 fully saturated rings. The van der Waals surface area contributed by atoms with Gasteiger partial charge < -0.3 is 10.3 Å². The van der Waals surface area contributed by atoms with Crippen LogP contribution in [0, 0.1) is 5.92 Å². The second kappa shape index (κ2) is 6.94. The van der Waals surface area contributed by atoms with Gasteiger partial charge in [-0.25, -0.2) is 8.42 Å². The number of rotatable bonds is 6. The first-order valence-corrected chi connectivity index (χ1v) is 9.28. The summed E-state index contributed by atoms with van der Waals surface area (Å²) in [6.45, 7) is 8.23. The molecule has 0 amide bonds. The molecule has 120 valence electrons. The maximum Gasteiger partial charge on any atom is 0.244 e. The van der Waals surface area contributed by atoms with E-state index in [1.807, 2.05) is 0 Å². The van der Waals surface area contributed by atoms with Crippen LogP contribution >= 0.6 is 0 Å². The van der Waals surface area contributed by atoms with Gasteiger partial charge in [-0.1, -0.05) is 27.2 Å². The van der Waals surface area contributed by atoms with Gasteiger partial charge in [0.1, 0.15) is 0 Å². The second-order valence-electron chi connectivity index (χ2n) is 6.18. The summed E-state index contributed by atoms with van der Waals surface area (Å²) < 4.78 is 27.0. The van der Waals surface area contributed by atoms with Crippen LogP contribution < -0.4 is 5.32 Å². The van der Waals surface area contributed by atoms with Crippen molar-refractivity contribution in [1.82, 2.24) is 14.6 Å². The van der Waals surface area contributed by atoms with Crippen molar-refractivity contribution >= 4 is 10.0 Å². The molecule has 0 bridgehead atoms. The summed E-state index contributed by atoms with van der Waals surface area (Å²) in [5.41, 5.74) is 0.909. The lowest BCUT2D eigenvalue weighted by Crippen LogP contribution is -2.39. The van der Waals surface area contributed by atoms with E-state index >= 15 is 0 Å². The number of nitrogens with one attached hydrogen (secondary N) is 2. The van der Waals surface area contributed by atoms with Gasteiger partial charge in [0.2, 0.25) is 10.0 Å². The van der Waals surface area contributed by atoms with E-state index in [1.54, 1.807) is 16.6 Å². The Bertz CT molecular complexity index is 551. The molecular formula is C15H27N3O2S. The molecule has 1 atom stereocenters. The Labute approximate surface area is 128 Å². The van der Waals surface area contributed by atoms with Crippen molar-refractivity contribution in [1.29, 1.82) is 0 Å². The molecule has 2 N–H and O–H groups in total. The van der Waals surface area contributed by atoms with Crippen molar-refractivity contribution in [2.75, 3.05) is 13.1 Å². The van der Waals surface area contributed by atoms with E-state index in [1.165, 1.54) is 0 Å². The smallest absolute Gasteiger partial charge is 0.244 e. The lowest BCUT2D eigenvalue weighted by molar-refractivity contribution is 0.261. The molecule has 2 heterocycles. The van der Waals surface area contributed by atoms with Gasteiger partial charge in [-0.3, -0.25) is 0 Å². The van der Waals surface area contributed by atoms with Gasteiger partial charge in [-0.05, 0) is 24.8 Å². The number of sulfonamides is 1. The number of hydrogen-bond acceptors (Lipinski definition) is 3. The number of aromatic nitrogens is 1. The summed E-state index contributed by atoms with van der Waals surface area (Å²) in [4.78, 5) is 3.45. The predicted molar refractivity (Wildman–Crippen MR) is 84.5 cm³/mol. The van der Waals surface area contributed by atoms with E-state index in [9.17, 15) is 8.42 Å². The Kier molecular flexibility index (Phi) is 5.46. The summed E-state index contributed by atoms with van der Waals surface area (Å²) in [6, 6.07) is 2.13. The van der Waals surface area contributed by atoms with Crippen LogP contribution in [0.2, 0.25) is 0 Å². The van der Waals surface area contributed by atoms with Crippen LogP contribution in [-0.2, 0) is 16.6 Å². The van der Waals surface area contributed by atoms with Crippen LogP contribution in [0.3, 0.4) is 0 Å². The molecule has 1 aliphatic heterocycles. The first kappa shape index (κ1) is 16.5. The first-order valence-electron chi connectivity index (χ1n) is 7.84. The van der Waals surface area contributed by atoms with E-state index in [-0.39, 0.29) is 0 Å². The van der Waals surface area contributed by atoms with Crippen molar-refractivity contribution in [2.24, 2.45) is 5.92 Å². The lowest BCUT2D eigenvalue weighted by atomic mass is 9.97. The van der Waals surface area contributed by atoms with E-state index in [4.69, 9.17) is 0 Å². The highest BCUT2D eigenvalue weighted by Crippen LogP contribution is 2.25. The number of hydrogen-bond donors (Lipinski definition) is 2. The zero-order chi connectivity index (χ0) is 15.5. The van der Waals surface area contributed by atoms with Gasteiger partial charge in [0.25, 0.3) is 0 Å². The third-order valence-corrected chi connectivity index (χ3v) is 5.96. The predicted octanol–water partition coefficient (Wildman–Crippen LogP) is 2.32. The molecule has 1 aliphatic rings. The quantitative estimate of drug-likeness (QED) is 0.847. The zero-order valence-corrected chi connectivity index (χ0v) is 14.0. The molecule has 0 aliphatic carbocycles. The molecule has 0 aromatic carbocycles. The van der Waals surface area contributed by atoms with Crippen LogP contribution in [0.5, 0.6) is 0 Å². The Morgan fingerprint density at radius 1 is 1.48 bits per heavy atom. The monoisotopic (exact) mass is 313 g/mol. The molecule has 6 heteroatoms. The highest BCUT2D eigenvalue weighted by atomic mass is 32.2. The summed E-state index contributed by atoms with van der Waals surface area (Å²) in [7, 11) is -3.35. The lowest BCUT2D eigenvalue weighted by Gasteiger charge is -2.31. The van der Waals surface area contributed by atoms with Gasteiger partial charge >= 0.3 is 0 Å². The Morgan fingerprint density at radius 3 is 2.90 bits per heavy atom. The number of H-pyrrole nitrogens is 1. The fraction of sp³-hybridized carbons (Fsp3) is 0.733. The number of nitrogens with zero attached hydrogens (tertiary/aromatic N) is 1. The van der Waals surface area contributed by atoms with E-state index in [0.717, 1.165) is 25.0 Å². The summed E-state index contributed by atoms with van der Waals surface area (Å²) in [5, 5.41) is 3.28.